The van der Waals surface area contributed by atoms with Gasteiger partial charge in [0.15, 0.2) is 0 Å². The third kappa shape index (κ3) is 3.05. The topological polar surface area (TPSA) is 34.4 Å². The van der Waals surface area contributed by atoms with Gasteiger partial charge in [-0.1, -0.05) is 12.1 Å². The van der Waals surface area contributed by atoms with Crippen molar-refractivity contribution in [2.75, 3.05) is 13.2 Å². The molecule has 1 unspecified atom stereocenters. The lowest BCUT2D eigenvalue weighted by Crippen LogP contribution is -2.28. The third-order valence-electron chi connectivity index (χ3n) is 3.80. The van der Waals surface area contributed by atoms with E-state index in [1.165, 1.54) is 24.0 Å². The van der Waals surface area contributed by atoms with Crippen molar-refractivity contribution in [3.05, 3.63) is 53.5 Å². The molecule has 2 aromatic rings. The maximum atomic E-state index is 5.76. The predicted octanol–water partition coefficient (Wildman–Crippen LogP) is 3.63. The van der Waals surface area contributed by atoms with E-state index in [1.807, 2.05) is 12.1 Å². The van der Waals surface area contributed by atoms with Crippen LogP contribution in [-0.4, -0.2) is 13.2 Å². The first-order valence-electron chi connectivity index (χ1n) is 7.32. The zero-order valence-electron chi connectivity index (χ0n) is 11.9. The zero-order valence-corrected chi connectivity index (χ0v) is 11.9. The van der Waals surface area contributed by atoms with E-state index in [1.54, 1.807) is 6.26 Å². The van der Waals surface area contributed by atoms with Crippen LogP contribution >= 0.6 is 0 Å². The number of aryl methyl sites for hydroxylation is 2. The molecule has 1 aliphatic carbocycles. The Bertz CT molecular complexity index is 562. The smallest absolute Gasteiger partial charge is 0.119 e. The van der Waals surface area contributed by atoms with Crippen molar-refractivity contribution in [2.45, 2.75) is 32.2 Å². The number of ether oxygens (including phenoxy) is 1. The van der Waals surface area contributed by atoms with Gasteiger partial charge in [0, 0.05) is 24.6 Å². The number of fused-ring (bicyclic) bond motifs is 1. The first-order chi connectivity index (χ1) is 9.83. The number of hydrogen-bond acceptors (Lipinski definition) is 3. The lowest BCUT2D eigenvalue weighted by molar-refractivity contribution is 0.298. The van der Waals surface area contributed by atoms with Crippen LogP contribution in [0.2, 0.25) is 0 Å². The second kappa shape index (κ2) is 6.14. The van der Waals surface area contributed by atoms with Crippen LogP contribution < -0.4 is 10.1 Å². The minimum atomic E-state index is 0.415. The molecule has 0 amide bonds. The van der Waals surface area contributed by atoms with Crippen LogP contribution in [0.5, 0.6) is 5.75 Å². The molecule has 1 atom stereocenters. The molecule has 3 rings (SSSR count). The van der Waals surface area contributed by atoms with E-state index in [9.17, 15) is 0 Å². The summed E-state index contributed by atoms with van der Waals surface area (Å²) in [6.07, 6.45) is 5.24. The molecule has 0 saturated carbocycles. The summed E-state index contributed by atoms with van der Waals surface area (Å²) in [6, 6.07) is 10.7. The Morgan fingerprint density at radius 3 is 3.20 bits per heavy atom. The van der Waals surface area contributed by atoms with Crippen molar-refractivity contribution in [2.24, 2.45) is 0 Å². The van der Waals surface area contributed by atoms with Crippen molar-refractivity contribution >= 4 is 0 Å². The second-order valence-electron chi connectivity index (χ2n) is 5.36. The lowest BCUT2D eigenvalue weighted by atomic mass is 9.93. The Balaban J connectivity index is 1.47. The highest BCUT2D eigenvalue weighted by Crippen LogP contribution is 2.30. The monoisotopic (exact) mass is 271 g/mol. The largest absolute Gasteiger partial charge is 0.492 e. The highest BCUT2D eigenvalue weighted by molar-refractivity contribution is 5.27. The molecule has 0 spiro atoms. The number of benzene rings is 1. The summed E-state index contributed by atoms with van der Waals surface area (Å²) >= 11 is 0. The van der Waals surface area contributed by atoms with E-state index in [0.717, 1.165) is 24.5 Å². The molecule has 0 bridgehead atoms. The van der Waals surface area contributed by atoms with Crippen molar-refractivity contribution < 1.29 is 9.15 Å². The molecule has 1 aliphatic rings. The maximum absolute atomic E-state index is 5.76. The Kier molecular flexibility index (Phi) is 4.07. The Morgan fingerprint density at radius 2 is 2.30 bits per heavy atom. The van der Waals surface area contributed by atoms with E-state index in [2.05, 4.69) is 30.4 Å². The fourth-order valence-electron chi connectivity index (χ4n) is 2.81. The van der Waals surface area contributed by atoms with E-state index in [-0.39, 0.29) is 0 Å². The van der Waals surface area contributed by atoms with Crippen molar-refractivity contribution in [1.82, 2.24) is 5.32 Å². The van der Waals surface area contributed by atoms with Gasteiger partial charge in [0.05, 0.1) is 6.26 Å². The van der Waals surface area contributed by atoms with Gasteiger partial charge in [-0.15, -0.1) is 0 Å². The first kappa shape index (κ1) is 13.3. The fourth-order valence-corrected chi connectivity index (χ4v) is 2.81. The molecule has 1 aromatic carbocycles. The standard InChI is InChI=1S/C17H21NO2/c1-13-4-2-5-14(12-13)19-11-9-18-16-6-3-7-17-15(16)8-10-20-17/h2,4-5,8,10,12,16,18H,3,6-7,9,11H2,1H3. The maximum Gasteiger partial charge on any atom is 0.119 e. The summed E-state index contributed by atoms with van der Waals surface area (Å²) in [6.45, 7) is 3.62. The van der Waals surface area contributed by atoms with Gasteiger partial charge in [0.1, 0.15) is 18.1 Å². The quantitative estimate of drug-likeness (QED) is 0.843. The van der Waals surface area contributed by atoms with Gasteiger partial charge >= 0.3 is 0 Å². The Hall–Kier alpha value is -1.74. The molecule has 20 heavy (non-hydrogen) atoms. The van der Waals surface area contributed by atoms with Crippen LogP contribution in [0, 0.1) is 6.92 Å². The van der Waals surface area contributed by atoms with Crippen molar-refractivity contribution in [3.8, 4) is 5.75 Å². The number of nitrogens with one attached hydrogen (secondary N) is 1. The molecule has 3 heteroatoms. The molecule has 3 nitrogen and oxygen atoms in total. The molecule has 0 fully saturated rings. The molecule has 0 aliphatic heterocycles. The Morgan fingerprint density at radius 1 is 1.35 bits per heavy atom. The third-order valence-corrected chi connectivity index (χ3v) is 3.80. The fraction of sp³-hybridized carbons (Fsp3) is 0.412. The molecule has 1 aromatic heterocycles. The number of furan rings is 1. The van der Waals surface area contributed by atoms with Gasteiger partial charge in [-0.3, -0.25) is 0 Å². The minimum absolute atomic E-state index is 0.415. The Labute approximate surface area is 119 Å². The van der Waals surface area contributed by atoms with Crippen LogP contribution in [-0.2, 0) is 6.42 Å². The molecule has 1 heterocycles. The number of hydrogen-bond donors (Lipinski definition) is 1. The van der Waals surface area contributed by atoms with Gasteiger partial charge in [-0.2, -0.15) is 0 Å². The highest BCUT2D eigenvalue weighted by Gasteiger charge is 2.21. The van der Waals surface area contributed by atoms with Crippen LogP contribution in [0.3, 0.4) is 0 Å². The summed E-state index contributed by atoms with van der Waals surface area (Å²) < 4.78 is 11.3. The highest BCUT2D eigenvalue weighted by atomic mass is 16.5. The molecule has 0 saturated heterocycles. The average Bonchev–Trinajstić information content (AvgIpc) is 2.93. The van der Waals surface area contributed by atoms with Gasteiger partial charge in [-0.25, -0.2) is 0 Å². The summed E-state index contributed by atoms with van der Waals surface area (Å²) in [5.41, 5.74) is 2.55. The minimum Gasteiger partial charge on any atom is -0.492 e. The van der Waals surface area contributed by atoms with Crippen LogP contribution in [0.15, 0.2) is 41.0 Å². The lowest BCUT2D eigenvalue weighted by Gasteiger charge is -2.22. The van der Waals surface area contributed by atoms with Crippen LogP contribution in [0.4, 0.5) is 0 Å². The van der Waals surface area contributed by atoms with Gasteiger partial charge in [0.2, 0.25) is 0 Å². The van der Waals surface area contributed by atoms with E-state index in [4.69, 9.17) is 9.15 Å². The van der Waals surface area contributed by atoms with Crippen LogP contribution in [0.1, 0.15) is 35.8 Å². The van der Waals surface area contributed by atoms with E-state index in [0.29, 0.717) is 12.6 Å². The second-order valence-corrected chi connectivity index (χ2v) is 5.36. The summed E-state index contributed by atoms with van der Waals surface area (Å²) in [7, 11) is 0. The SMILES string of the molecule is Cc1cccc(OCCNC2CCCc3occc32)c1. The van der Waals surface area contributed by atoms with Gasteiger partial charge in [-0.05, 0) is 43.5 Å². The summed E-state index contributed by atoms with van der Waals surface area (Å²) in [4.78, 5) is 0. The van der Waals surface area contributed by atoms with Gasteiger partial charge in [0.25, 0.3) is 0 Å². The number of rotatable bonds is 5. The molecule has 0 radical (unpaired) electrons. The van der Waals surface area contributed by atoms with Crippen molar-refractivity contribution in [3.63, 3.8) is 0 Å². The van der Waals surface area contributed by atoms with E-state index >= 15 is 0 Å². The molecule has 106 valence electrons. The molecular weight excluding hydrogens is 250 g/mol. The zero-order chi connectivity index (χ0) is 13.8. The van der Waals surface area contributed by atoms with E-state index < -0.39 is 0 Å². The molecular formula is C17H21NO2. The predicted molar refractivity (Wildman–Crippen MR) is 79.1 cm³/mol. The summed E-state index contributed by atoms with van der Waals surface area (Å²) in [5.74, 6) is 2.09. The van der Waals surface area contributed by atoms with Gasteiger partial charge < -0.3 is 14.5 Å². The normalized spacial score (nSPS) is 17.8. The van der Waals surface area contributed by atoms with Crippen LogP contribution in [0.25, 0.3) is 0 Å². The molecule has 1 N–H and O–H groups in total. The average molecular weight is 271 g/mol. The first-order valence-corrected chi connectivity index (χ1v) is 7.32. The summed E-state index contributed by atoms with van der Waals surface area (Å²) in [5, 5.41) is 3.56. The van der Waals surface area contributed by atoms with Crippen molar-refractivity contribution in [1.29, 1.82) is 0 Å².